The van der Waals surface area contributed by atoms with E-state index in [-0.39, 0.29) is 77.2 Å². The van der Waals surface area contributed by atoms with Crippen LogP contribution in [-0.2, 0) is 21.7 Å². The third-order valence-corrected chi connectivity index (χ3v) is 0.586. The Morgan fingerprint density at radius 2 is 1.23 bits per heavy atom. The van der Waals surface area contributed by atoms with Crippen molar-refractivity contribution in [3.05, 3.63) is 68.9 Å². The first-order valence-corrected chi connectivity index (χ1v) is 1.73. The Morgan fingerprint density at radius 3 is 1.31 bits per heavy atom. The first-order valence-electron chi connectivity index (χ1n) is 1.73. The van der Waals surface area contributed by atoms with Crippen LogP contribution in [0.3, 0.4) is 0 Å². The zero-order chi connectivity index (χ0) is 3.54. The first kappa shape index (κ1) is 70.6. The Bertz CT molecular complexity index is 68.2. The van der Waals surface area contributed by atoms with E-state index in [0.29, 0.717) is 0 Å². The fraction of sp³-hybridized carbons (Fsp3) is 0.0909. The van der Waals surface area contributed by atoms with Crippen molar-refractivity contribution in [2.75, 3.05) is 0 Å². The molecule has 1 rings (SSSR count). The van der Waals surface area contributed by atoms with Crippen molar-refractivity contribution < 1.29 is 21.7 Å². The maximum atomic E-state index is 2.92. The summed E-state index contributed by atoms with van der Waals surface area (Å²) in [5, 5.41) is 0. The smallest absolute Gasteiger partial charge is 0 e. The third kappa shape index (κ3) is 45.9. The van der Waals surface area contributed by atoms with Crippen LogP contribution in [0.1, 0.15) is 6.42 Å². The van der Waals surface area contributed by atoms with Crippen molar-refractivity contribution >= 4 is 11.0 Å². The molecule has 0 atom stereocenters. The molecule has 0 saturated heterocycles. The molecule has 0 bridgehead atoms. The predicted octanol–water partition coefficient (Wildman–Crippen LogP) is 2.55. The van der Waals surface area contributed by atoms with Crippen LogP contribution in [0, 0.1) is 50.6 Å². The monoisotopic (exact) mass is 235 g/mol. The zero-order valence-electron chi connectivity index (χ0n) is 9.44. The van der Waals surface area contributed by atoms with Gasteiger partial charge in [0.05, 0.1) is 0 Å². The normalized spacial score (nSPS) is 6.77. The Kier molecular flexibility index (Phi) is 300. The fourth-order valence-corrected chi connectivity index (χ4v) is 0.340. The molecule has 86 valence electrons. The second-order valence-corrected chi connectivity index (χ2v) is 1.01. The van der Waals surface area contributed by atoms with Gasteiger partial charge in [-0.3, -0.25) is 6.08 Å². The summed E-state index contributed by atoms with van der Waals surface area (Å²) in [4.78, 5) is 0. The number of hydrogen-bond acceptors (Lipinski definition) is 0. The summed E-state index contributed by atoms with van der Waals surface area (Å²) >= 11 is 0. The van der Waals surface area contributed by atoms with Crippen LogP contribution in [0.15, 0.2) is 18.2 Å². The van der Waals surface area contributed by atoms with E-state index in [1.807, 2.05) is 12.2 Å². The van der Waals surface area contributed by atoms with Gasteiger partial charge < -0.3 is 44.6 Å². The van der Waals surface area contributed by atoms with Gasteiger partial charge in [0.15, 0.2) is 0 Å². The molecule has 0 spiro atoms. The van der Waals surface area contributed by atoms with Gasteiger partial charge in [-0.15, -0.1) is 6.42 Å². The van der Waals surface area contributed by atoms with E-state index in [4.69, 9.17) is 0 Å². The number of allylic oxidation sites excluding steroid dienone is 4. The van der Waals surface area contributed by atoms with Crippen molar-refractivity contribution in [1.29, 1.82) is 0 Å². The summed E-state index contributed by atoms with van der Waals surface area (Å²) in [5.41, 5.74) is 0. The van der Waals surface area contributed by atoms with Gasteiger partial charge in [-0.2, -0.15) is 6.08 Å². The number of rotatable bonds is 0. The summed E-state index contributed by atoms with van der Waals surface area (Å²) < 4.78 is 0. The van der Waals surface area contributed by atoms with Crippen LogP contribution in [0.5, 0.6) is 0 Å². The molecule has 1 aliphatic carbocycles. The first-order chi connectivity index (χ1) is 2.50. The topological polar surface area (TPSA) is 0 Å². The SMILES string of the molecule is [C-]1=CCC=C1.[CH3-].[CH3-].[CH3-].[CH3-].[CH3-].[CH3-].[SiH4].[Ti]. The minimum atomic E-state index is 0. The van der Waals surface area contributed by atoms with Crippen molar-refractivity contribution in [2.45, 2.75) is 6.42 Å². The summed E-state index contributed by atoms with van der Waals surface area (Å²) in [7, 11) is 0. The summed E-state index contributed by atoms with van der Waals surface area (Å²) in [6.45, 7) is 0. The Labute approximate surface area is 108 Å². The summed E-state index contributed by atoms with van der Waals surface area (Å²) in [5.74, 6) is 0. The molecule has 2 heteroatoms. The van der Waals surface area contributed by atoms with Crippen molar-refractivity contribution in [1.82, 2.24) is 0 Å². The van der Waals surface area contributed by atoms with Gasteiger partial charge in [-0.05, 0) is 11.0 Å². The third-order valence-electron chi connectivity index (χ3n) is 0.586. The van der Waals surface area contributed by atoms with Gasteiger partial charge >= 0.3 is 0 Å². The molecule has 0 heterocycles. The molecular formula is C11H27SiTi-7. The van der Waals surface area contributed by atoms with Gasteiger partial charge in [-0.1, -0.05) is 0 Å². The molecule has 0 aromatic carbocycles. The molecule has 0 N–H and O–H groups in total. The molecule has 1 aliphatic rings. The average Bonchev–Trinajstić information content (AvgIpc) is 1.76. The summed E-state index contributed by atoms with van der Waals surface area (Å²) in [6, 6.07) is 0. The van der Waals surface area contributed by atoms with Gasteiger partial charge in [0.25, 0.3) is 0 Å². The van der Waals surface area contributed by atoms with Crippen LogP contribution in [0.4, 0.5) is 0 Å². The minimum absolute atomic E-state index is 0. The van der Waals surface area contributed by atoms with Crippen molar-refractivity contribution in [3.8, 4) is 0 Å². The van der Waals surface area contributed by atoms with Crippen LogP contribution < -0.4 is 0 Å². The van der Waals surface area contributed by atoms with E-state index >= 15 is 0 Å². The molecular weight excluding hydrogens is 208 g/mol. The second kappa shape index (κ2) is 55.2. The molecule has 0 amide bonds. The average molecular weight is 235 g/mol. The molecule has 0 nitrogen and oxygen atoms in total. The molecule has 0 radical (unpaired) electrons. The van der Waals surface area contributed by atoms with Gasteiger partial charge in [0.2, 0.25) is 0 Å². The van der Waals surface area contributed by atoms with E-state index < -0.39 is 0 Å². The Morgan fingerprint density at radius 1 is 0.846 bits per heavy atom. The van der Waals surface area contributed by atoms with Crippen LogP contribution in [-0.4, -0.2) is 11.0 Å². The van der Waals surface area contributed by atoms with E-state index in [0.717, 1.165) is 6.42 Å². The fourth-order valence-electron chi connectivity index (χ4n) is 0.340. The van der Waals surface area contributed by atoms with E-state index in [1.54, 1.807) is 0 Å². The maximum absolute atomic E-state index is 2.92. The second-order valence-electron chi connectivity index (χ2n) is 1.01. The molecule has 13 heavy (non-hydrogen) atoms. The molecule has 0 aromatic rings. The molecule has 0 aromatic heterocycles. The molecule has 0 unspecified atom stereocenters. The van der Waals surface area contributed by atoms with E-state index in [1.165, 1.54) is 0 Å². The van der Waals surface area contributed by atoms with Crippen molar-refractivity contribution in [3.63, 3.8) is 0 Å². The standard InChI is InChI=1S/C5H5.6CH3.H4Si.Ti/c1-2-4-5-3-1;;;;;;;;/h1-2,5H,3H2;6*1H3;1H4;/q7*-1;;. The maximum Gasteiger partial charge on any atom is 0 e. The molecule has 0 aliphatic heterocycles. The van der Waals surface area contributed by atoms with Gasteiger partial charge in [0.1, 0.15) is 0 Å². The van der Waals surface area contributed by atoms with Gasteiger partial charge in [-0.25, -0.2) is 12.2 Å². The molecule has 0 fully saturated rings. The Balaban J connectivity index is -0.00000000521. The number of hydrogen-bond donors (Lipinski definition) is 0. The van der Waals surface area contributed by atoms with Crippen LogP contribution in [0.2, 0.25) is 0 Å². The zero-order valence-corrected chi connectivity index (χ0v) is 11.0. The van der Waals surface area contributed by atoms with Crippen LogP contribution >= 0.6 is 0 Å². The van der Waals surface area contributed by atoms with E-state index in [2.05, 4.69) is 12.2 Å². The predicted molar refractivity (Wildman–Crippen MR) is 71.4 cm³/mol. The molecule has 0 saturated carbocycles. The Hall–Kier alpha value is 0.411. The van der Waals surface area contributed by atoms with Crippen molar-refractivity contribution in [2.24, 2.45) is 0 Å². The van der Waals surface area contributed by atoms with E-state index in [9.17, 15) is 0 Å². The quantitative estimate of drug-likeness (QED) is 0.447. The minimum Gasteiger partial charge on any atom is -0.358 e. The van der Waals surface area contributed by atoms with Crippen LogP contribution in [0.25, 0.3) is 0 Å². The summed E-state index contributed by atoms with van der Waals surface area (Å²) in [6.07, 6.45) is 10.0. The van der Waals surface area contributed by atoms with Gasteiger partial charge in [0, 0.05) is 21.7 Å². The largest absolute Gasteiger partial charge is 0.358 e.